The van der Waals surface area contributed by atoms with Crippen LogP contribution in [0.3, 0.4) is 0 Å². The number of hydrogen-bond donors (Lipinski definition) is 1. The molecule has 2 aromatic heterocycles. The van der Waals surface area contributed by atoms with Gasteiger partial charge in [0, 0.05) is 48.5 Å². The summed E-state index contributed by atoms with van der Waals surface area (Å²) in [5.41, 5.74) is 3.67. The number of carbonyl (C=O) groups excluding carboxylic acids is 2. The van der Waals surface area contributed by atoms with Gasteiger partial charge in [-0.1, -0.05) is 23.7 Å². The van der Waals surface area contributed by atoms with Crippen LogP contribution in [0.2, 0.25) is 5.02 Å². The van der Waals surface area contributed by atoms with Crippen molar-refractivity contribution in [1.29, 1.82) is 5.26 Å². The summed E-state index contributed by atoms with van der Waals surface area (Å²) >= 11 is 6.14. The van der Waals surface area contributed by atoms with Gasteiger partial charge in [-0.05, 0) is 42.0 Å². The van der Waals surface area contributed by atoms with Crippen molar-refractivity contribution in [3.63, 3.8) is 0 Å². The molecule has 37 heavy (non-hydrogen) atoms. The van der Waals surface area contributed by atoms with Crippen LogP contribution in [0, 0.1) is 11.3 Å². The minimum absolute atomic E-state index is 0.0526. The number of halogens is 1. The van der Waals surface area contributed by atoms with Gasteiger partial charge in [0.15, 0.2) is 0 Å². The van der Waals surface area contributed by atoms with Crippen molar-refractivity contribution in [2.24, 2.45) is 7.05 Å². The molecule has 0 saturated heterocycles. The highest BCUT2D eigenvalue weighted by Gasteiger charge is 2.35. The number of nitriles is 1. The number of sulfonamides is 1. The lowest BCUT2D eigenvalue weighted by Crippen LogP contribution is -2.37. The molecule has 0 atom stereocenters. The zero-order valence-corrected chi connectivity index (χ0v) is 21.2. The average Bonchev–Trinajstić information content (AvgIpc) is 3.31. The number of aryl methyl sites for hydroxylation is 1. The Morgan fingerprint density at radius 1 is 1.05 bits per heavy atom. The Morgan fingerprint density at radius 3 is 2.43 bits per heavy atom. The van der Waals surface area contributed by atoms with Crippen LogP contribution in [-0.4, -0.2) is 47.0 Å². The van der Waals surface area contributed by atoms with Crippen molar-refractivity contribution in [3.05, 3.63) is 88.2 Å². The summed E-state index contributed by atoms with van der Waals surface area (Å²) in [6.07, 6.45) is 3.14. The minimum Gasteiger partial charge on any atom is -0.342 e. The highest BCUT2D eigenvalue weighted by atomic mass is 35.5. The quantitative estimate of drug-likeness (QED) is 0.362. The summed E-state index contributed by atoms with van der Waals surface area (Å²) in [5.74, 6) is -1.44. The van der Waals surface area contributed by atoms with E-state index in [-0.39, 0.29) is 24.2 Å². The molecular weight excluding hydrogens is 514 g/mol. The van der Waals surface area contributed by atoms with E-state index in [1.807, 2.05) is 11.6 Å². The van der Waals surface area contributed by atoms with E-state index in [2.05, 4.69) is 15.8 Å². The number of pyridine rings is 1. The second-order valence-electron chi connectivity index (χ2n) is 8.59. The molecule has 0 aliphatic carbocycles. The van der Waals surface area contributed by atoms with E-state index in [1.165, 1.54) is 6.20 Å². The zero-order chi connectivity index (χ0) is 26.3. The molecule has 2 amide bonds. The van der Waals surface area contributed by atoms with Crippen molar-refractivity contribution in [2.75, 3.05) is 12.3 Å². The molecule has 5 rings (SSSR count). The lowest BCUT2D eigenvalue weighted by Gasteiger charge is -2.14. The minimum atomic E-state index is -3.82. The fraction of sp³-hybridized carbons (Fsp3) is 0.154. The first-order valence-corrected chi connectivity index (χ1v) is 13.3. The average molecular weight is 534 g/mol. The highest BCUT2D eigenvalue weighted by Crippen LogP contribution is 2.34. The molecule has 0 bridgehead atoms. The van der Waals surface area contributed by atoms with Crippen LogP contribution in [0.25, 0.3) is 22.2 Å². The van der Waals surface area contributed by atoms with Gasteiger partial charge in [0.1, 0.15) is 6.07 Å². The van der Waals surface area contributed by atoms with E-state index in [0.29, 0.717) is 27.4 Å². The van der Waals surface area contributed by atoms with Gasteiger partial charge in [-0.2, -0.15) is 5.26 Å². The molecule has 0 unspecified atom stereocenters. The van der Waals surface area contributed by atoms with Gasteiger partial charge in [-0.25, -0.2) is 13.1 Å². The Balaban J connectivity index is 1.31. The van der Waals surface area contributed by atoms with Crippen LogP contribution in [0.5, 0.6) is 0 Å². The van der Waals surface area contributed by atoms with Crippen molar-refractivity contribution in [2.45, 2.75) is 6.54 Å². The number of benzene rings is 2. The summed E-state index contributed by atoms with van der Waals surface area (Å²) in [4.78, 5) is 30.2. The summed E-state index contributed by atoms with van der Waals surface area (Å²) in [6, 6.07) is 15.7. The lowest BCUT2D eigenvalue weighted by molar-refractivity contribution is 0.0664. The van der Waals surface area contributed by atoms with E-state index >= 15 is 0 Å². The second kappa shape index (κ2) is 9.44. The molecule has 0 fully saturated rings. The Kier molecular flexibility index (Phi) is 6.29. The first-order valence-electron chi connectivity index (χ1n) is 11.2. The van der Waals surface area contributed by atoms with E-state index < -0.39 is 27.6 Å². The second-order valence-corrected chi connectivity index (χ2v) is 10.9. The van der Waals surface area contributed by atoms with Crippen molar-refractivity contribution in [1.82, 2.24) is 19.2 Å². The molecule has 0 radical (unpaired) electrons. The summed E-state index contributed by atoms with van der Waals surface area (Å²) in [7, 11) is -2.00. The first-order chi connectivity index (χ1) is 17.7. The number of nitrogens with zero attached hydrogens (tertiary/aromatic N) is 4. The molecule has 3 heterocycles. The SMILES string of the molecule is Cn1c(-c2cncc(CNS(=O)(=O)CCN3C(=O)c4ccccc4C3=O)c2)c(C#N)c2ccc(Cl)cc21. The number of amides is 2. The molecule has 4 aromatic rings. The number of imide groups is 1. The van der Waals surface area contributed by atoms with E-state index in [4.69, 9.17) is 11.6 Å². The van der Waals surface area contributed by atoms with Crippen LogP contribution >= 0.6 is 11.6 Å². The maximum Gasteiger partial charge on any atom is 0.261 e. The highest BCUT2D eigenvalue weighted by molar-refractivity contribution is 7.89. The molecular formula is C26H20ClN5O4S. The zero-order valence-electron chi connectivity index (χ0n) is 19.6. The predicted octanol–water partition coefficient (Wildman–Crippen LogP) is 3.48. The van der Waals surface area contributed by atoms with Gasteiger partial charge < -0.3 is 4.57 Å². The summed E-state index contributed by atoms with van der Waals surface area (Å²) in [6.45, 7) is -0.313. The number of fused-ring (bicyclic) bond motifs is 2. The third kappa shape index (κ3) is 4.49. The van der Waals surface area contributed by atoms with Gasteiger partial charge in [0.2, 0.25) is 10.0 Å². The molecule has 1 aliphatic rings. The number of carbonyl (C=O) groups is 2. The van der Waals surface area contributed by atoms with Crippen molar-refractivity contribution in [3.8, 4) is 17.3 Å². The van der Waals surface area contributed by atoms with Gasteiger partial charge in [0.05, 0.1) is 33.7 Å². The molecule has 9 nitrogen and oxygen atoms in total. The van der Waals surface area contributed by atoms with Gasteiger partial charge in [-0.15, -0.1) is 0 Å². The fourth-order valence-electron chi connectivity index (χ4n) is 4.49. The number of aromatic nitrogens is 2. The molecule has 11 heteroatoms. The van der Waals surface area contributed by atoms with Crippen LogP contribution < -0.4 is 4.72 Å². The fourth-order valence-corrected chi connectivity index (χ4v) is 5.61. The molecule has 1 N–H and O–H groups in total. The summed E-state index contributed by atoms with van der Waals surface area (Å²) < 4.78 is 29.7. The Morgan fingerprint density at radius 2 is 1.76 bits per heavy atom. The molecule has 0 saturated carbocycles. The standard InChI is InChI=1S/C26H20ClN5O4S/c1-31-23-11-18(27)6-7-19(23)22(12-28)24(31)17-10-16(13-29-15-17)14-30-37(35,36)9-8-32-25(33)20-4-2-3-5-21(20)26(32)34/h2-7,10-11,13,15,30H,8-9,14H2,1H3. The van der Waals surface area contributed by atoms with E-state index in [1.54, 1.807) is 54.7 Å². The summed E-state index contributed by atoms with van der Waals surface area (Å²) in [5, 5.41) is 11.1. The van der Waals surface area contributed by atoms with Gasteiger partial charge >= 0.3 is 0 Å². The lowest BCUT2D eigenvalue weighted by atomic mass is 10.1. The largest absolute Gasteiger partial charge is 0.342 e. The maximum atomic E-state index is 12.7. The van der Waals surface area contributed by atoms with Gasteiger partial charge in [-0.3, -0.25) is 19.5 Å². The Labute approximate surface area is 218 Å². The Bertz CT molecular complexity index is 1700. The number of rotatable bonds is 7. The molecule has 1 aliphatic heterocycles. The van der Waals surface area contributed by atoms with Crippen molar-refractivity contribution < 1.29 is 18.0 Å². The topological polar surface area (TPSA) is 125 Å². The van der Waals surface area contributed by atoms with E-state index in [0.717, 1.165) is 15.8 Å². The van der Waals surface area contributed by atoms with Crippen LogP contribution in [0.4, 0.5) is 0 Å². The smallest absolute Gasteiger partial charge is 0.261 e. The number of hydrogen-bond acceptors (Lipinski definition) is 6. The van der Waals surface area contributed by atoms with E-state index in [9.17, 15) is 23.3 Å². The van der Waals surface area contributed by atoms with Crippen LogP contribution in [0.1, 0.15) is 31.8 Å². The maximum absolute atomic E-state index is 12.7. The Hall–Kier alpha value is -4.04. The van der Waals surface area contributed by atoms with Crippen LogP contribution in [-0.2, 0) is 23.6 Å². The van der Waals surface area contributed by atoms with Crippen molar-refractivity contribution >= 4 is 44.3 Å². The third-order valence-corrected chi connectivity index (χ3v) is 7.84. The molecule has 0 spiro atoms. The first kappa shape index (κ1) is 24.6. The van der Waals surface area contributed by atoms with Crippen LogP contribution in [0.15, 0.2) is 60.9 Å². The predicted molar refractivity (Wildman–Crippen MR) is 138 cm³/mol. The normalized spacial score (nSPS) is 13.3. The molecule has 2 aromatic carbocycles. The third-order valence-electron chi connectivity index (χ3n) is 6.30. The van der Waals surface area contributed by atoms with Gasteiger partial charge in [0.25, 0.3) is 11.8 Å². The monoisotopic (exact) mass is 533 g/mol. The molecule has 186 valence electrons. The number of nitrogens with one attached hydrogen (secondary N) is 1.